The van der Waals surface area contributed by atoms with Gasteiger partial charge in [-0.1, -0.05) is 6.07 Å². The Labute approximate surface area is 112 Å². The first-order valence-corrected chi connectivity index (χ1v) is 5.37. The Balaban J connectivity index is 0.000000250. The topological polar surface area (TPSA) is 42.9 Å². The van der Waals surface area contributed by atoms with Gasteiger partial charge in [0.1, 0.15) is 5.69 Å². The van der Waals surface area contributed by atoms with Gasteiger partial charge in [0.25, 0.3) is 5.24 Å². The fraction of sp³-hybridized carbons (Fsp3) is 0.0833. The Morgan fingerprint density at radius 1 is 1.05 bits per heavy atom. The third kappa shape index (κ3) is 5.05. The summed E-state index contributed by atoms with van der Waals surface area (Å²) in [5.41, 5.74) is -1.88. The maximum Gasteiger partial charge on any atom is 0.418 e. The van der Waals surface area contributed by atoms with E-state index in [9.17, 15) is 18.0 Å². The molecule has 19 heavy (non-hydrogen) atoms. The molecule has 7 heteroatoms. The minimum atomic E-state index is -4.60. The van der Waals surface area contributed by atoms with Gasteiger partial charge in [-0.25, -0.2) is 0 Å². The normalized spacial score (nSPS) is 10.3. The van der Waals surface area contributed by atoms with Crippen molar-refractivity contribution in [1.29, 1.82) is 0 Å². The molecule has 2 aromatic rings. The van der Waals surface area contributed by atoms with Crippen LogP contribution in [0, 0.1) is 0 Å². The van der Waals surface area contributed by atoms with Crippen LogP contribution < -0.4 is 0 Å². The number of hydrogen-bond acceptors (Lipinski definition) is 3. The fourth-order valence-electron chi connectivity index (χ4n) is 1.10. The summed E-state index contributed by atoms with van der Waals surface area (Å²) in [5, 5.41) is -1.21. The van der Waals surface area contributed by atoms with Crippen molar-refractivity contribution in [3.8, 4) is 0 Å². The van der Waals surface area contributed by atoms with Gasteiger partial charge in [0.05, 0.1) is 5.56 Å². The Kier molecular flexibility index (Phi) is 5.44. The van der Waals surface area contributed by atoms with Crippen molar-refractivity contribution in [2.75, 3.05) is 0 Å². The molecule has 2 rings (SSSR count). The molecular weight excluding hydrogens is 281 g/mol. The van der Waals surface area contributed by atoms with Crippen LogP contribution in [0.25, 0.3) is 0 Å². The average Bonchev–Trinajstić information content (AvgIpc) is 2.40. The highest BCUT2D eigenvalue weighted by molar-refractivity contribution is 6.67. The molecule has 0 fully saturated rings. The van der Waals surface area contributed by atoms with Crippen molar-refractivity contribution < 1.29 is 18.0 Å². The summed E-state index contributed by atoms with van der Waals surface area (Å²) in [6.07, 6.45) is -0.0288. The van der Waals surface area contributed by atoms with Gasteiger partial charge in [0, 0.05) is 18.6 Å². The van der Waals surface area contributed by atoms with E-state index in [1.807, 2.05) is 18.2 Å². The standard InChI is InChI=1S/C7H3ClF3NO.C5H5N/c8-6(13)5-4(7(9,10)11)2-1-3-12-5;1-2-4-6-5-3-1/h1-3H;1-5H. The van der Waals surface area contributed by atoms with Crippen LogP contribution in [0.3, 0.4) is 0 Å². The van der Waals surface area contributed by atoms with Crippen LogP contribution in [-0.2, 0) is 6.18 Å². The van der Waals surface area contributed by atoms with Crippen LogP contribution in [0.1, 0.15) is 16.1 Å². The molecule has 3 nitrogen and oxygen atoms in total. The molecule has 0 radical (unpaired) electrons. The summed E-state index contributed by atoms with van der Waals surface area (Å²) in [6, 6.07) is 7.56. The molecule has 100 valence electrons. The van der Waals surface area contributed by atoms with Crippen LogP contribution in [0.4, 0.5) is 13.2 Å². The van der Waals surface area contributed by atoms with Gasteiger partial charge in [0.2, 0.25) is 0 Å². The molecule has 0 bridgehead atoms. The van der Waals surface area contributed by atoms with E-state index in [0.717, 1.165) is 18.3 Å². The lowest BCUT2D eigenvalue weighted by molar-refractivity contribution is -0.138. The number of halogens is 4. The van der Waals surface area contributed by atoms with Gasteiger partial charge in [-0.05, 0) is 35.9 Å². The SMILES string of the molecule is O=C(Cl)c1ncccc1C(F)(F)F.c1ccncc1. The van der Waals surface area contributed by atoms with Gasteiger partial charge >= 0.3 is 6.18 Å². The second-order valence-electron chi connectivity index (χ2n) is 3.20. The lowest BCUT2D eigenvalue weighted by Crippen LogP contribution is -2.12. The predicted molar refractivity (Wildman–Crippen MR) is 63.7 cm³/mol. The quantitative estimate of drug-likeness (QED) is 0.754. The highest BCUT2D eigenvalue weighted by Crippen LogP contribution is 2.31. The minimum absolute atomic E-state index is 0.753. The molecule has 0 aliphatic heterocycles. The zero-order valence-corrected chi connectivity index (χ0v) is 10.2. The van der Waals surface area contributed by atoms with Crippen molar-refractivity contribution in [2.24, 2.45) is 0 Å². The Morgan fingerprint density at radius 3 is 2.00 bits per heavy atom. The maximum atomic E-state index is 12.2. The highest BCUT2D eigenvalue weighted by atomic mass is 35.5. The monoisotopic (exact) mass is 288 g/mol. The zero-order valence-electron chi connectivity index (χ0n) is 9.43. The molecule has 0 saturated carbocycles. The highest BCUT2D eigenvalue weighted by Gasteiger charge is 2.35. The number of nitrogens with zero attached hydrogens (tertiary/aromatic N) is 2. The van der Waals surface area contributed by atoms with E-state index >= 15 is 0 Å². The second kappa shape index (κ2) is 6.84. The molecule has 0 aromatic carbocycles. The fourth-order valence-corrected chi connectivity index (χ4v) is 1.25. The molecule has 0 saturated heterocycles. The van der Waals surface area contributed by atoms with E-state index in [2.05, 4.69) is 9.97 Å². The van der Waals surface area contributed by atoms with Crippen LogP contribution in [-0.4, -0.2) is 15.2 Å². The van der Waals surface area contributed by atoms with Crippen LogP contribution in [0.5, 0.6) is 0 Å². The van der Waals surface area contributed by atoms with E-state index in [1.165, 1.54) is 0 Å². The van der Waals surface area contributed by atoms with Gasteiger partial charge in [-0.3, -0.25) is 14.8 Å². The zero-order chi connectivity index (χ0) is 14.3. The van der Waals surface area contributed by atoms with Gasteiger partial charge in [-0.2, -0.15) is 13.2 Å². The third-order valence-corrected chi connectivity index (χ3v) is 2.04. The van der Waals surface area contributed by atoms with E-state index in [4.69, 9.17) is 11.6 Å². The molecule has 0 N–H and O–H groups in total. The van der Waals surface area contributed by atoms with E-state index in [0.29, 0.717) is 0 Å². The molecule has 0 aliphatic rings. The smallest absolute Gasteiger partial charge is 0.274 e. The molecule has 0 aliphatic carbocycles. The van der Waals surface area contributed by atoms with Crippen LogP contribution in [0.2, 0.25) is 0 Å². The summed E-state index contributed by atoms with van der Waals surface area (Å²) < 4.78 is 36.5. The summed E-state index contributed by atoms with van der Waals surface area (Å²) in [6.45, 7) is 0. The Bertz CT molecular complexity index is 505. The average molecular weight is 289 g/mol. The molecule has 2 heterocycles. The summed E-state index contributed by atoms with van der Waals surface area (Å²) in [4.78, 5) is 17.5. The van der Waals surface area contributed by atoms with Gasteiger partial charge in [0.15, 0.2) is 0 Å². The summed E-state index contributed by atoms with van der Waals surface area (Å²) >= 11 is 4.91. The molecular formula is C12H8ClF3N2O. The first kappa shape index (κ1) is 15.1. The molecule has 0 unspecified atom stereocenters. The third-order valence-electron chi connectivity index (χ3n) is 1.87. The first-order chi connectivity index (χ1) is 8.93. The van der Waals surface area contributed by atoms with Crippen molar-refractivity contribution in [1.82, 2.24) is 9.97 Å². The summed E-state index contributed by atoms with van der Waals surface area (Å²) in [5.74, 6) is 0. The molecule has 0 atom stereocenters. The first-order valence-electron chi connectivity index (χ1n) is 5.00. The molecule has 0 amide bonds. The van der Waals surface area contributed by atoms with Crippen molar-refractivity contribution in [2.45, 2.75) is 6.18 Å². The number of hydrogen-bond donors (Lipinski definition) is 0. The second-order valence-corrected chi connectivity index (χ2v) is 3.54. The minimum Gasteiger partial charge on any atom is -0.274 e. The van der Waals surface area contributed by atoms with Crippen LogP contribution in [0.15, 0.2) is 48.9 Å². The maximum absolute atomic E-state index is 12.2. The number of carbonyl (C=O) groups excluding carboxylic acids is 1. The number of pyridine rings is 2. The van der Waals surface area contributed by atoms with Crippen molar-refractivity contribution in [3.05, 3.63) is 60.2 Å². The van der Waals surface area contributed by atoms with Crippen molar-refractivity contribution >= 4 is 16.8 Å². The number of carbonyl (C=O) groups is 1. The van der Waals surface area contributed by atoms with Gasteiger partial charge < -0.3 is 0 Å². The van der Waals surface area contributed by atoms with E-state index < -0.39 is 22.7 Å². The van der Waals surface area contributed by atoms with Crippen molar-refractivity contribution in [3.63, 3.8) is 0 Å². The van der Waals surface area contributed by atoms with Gasteiger partial charge in [-0.15, -0.1) is 0 Å². The molecule has 2 aromatic heterocycles. The predicted octanol–water partition coefficient (Wildman–Crippen LogP) is 3.56. The van der Waals surface area contributed by atoms with Crippen LogP contribution >= 0.6 is 11.6 Å². The number of alkyl halides is 3. The molecule has 0 spiro atoms. The Morgan fingerprint density at radius 2 is 1.68 bits per heavy atom. The lowest BCUT2D eigenvalue weighted by atomic mass is 10.2. The lowest BCUT2D eigenvalue weighted by Gasteiger charge is -2.07. The summed E-state index contributed by atoms with van der Waals surface area (Å²) in [7, 11) is 0. The van der Waals surface area contributed by atoms with E-state index in [1.54, 1.807) is 12.4 Å². The largest absolute Gasteiger partial charge is 0.418 e. The Hall–Kier alpha value is -1.95. The van der Waals surface area contributed by atoms with E-state index in [-0.39, 0.29) is 0 Å². The number of rotatable bonds is 1. The number of aromatic nitrogens is 2.